The van der Waals surface area contributed by atoms with Gasteiger partial charge in [0.1, 0.15) is 0 Å². The van der Waals surface area contributed by atoms with Gasteiger partial charge in [-0.2, -0.15) is 5.10 Å². The molecular formula is C13H20N4O3. The van der Waals surface area contributed by atoms with Gasteiger partial charge in [-0.05, 0) is 19.8 Å². The molecule has 0 spiro atoms. The lowest BCUT2D eigenvalue weighted by molar-refractivity contribution is -0.137. The van der Waals surface area contributed by atoms with Crippen LogP contribution >= 0.6 is 0 Å². The van der Waals surface area contributed by atoms with Crippen molar-refractivity contribution >= 4 is 12.0 Å². The fourth-order valence-electron chi connectivity index (χ4n) is 2.15. The van der Waals surface area contributed by atoms with Crippen molar-refractivity contribution in [1.82, 2.24) is 20.0 Å². The van der Waals surface area contributed by atoms with Crippen LogP contribution in [0.1, 0.15) is 30.5 Å². The highest BCUT2D eigenvalue weighted by Gasteiger charge is 2.32. The van der Waals surface area contributed by atoms with Crippen molar-refractivity contribution in [1.29, 1.82) is 0 Å². The Morgan fingerprint density at radius 3 is 2.75 bits per heavy atom. The zero-order valence-electron chi connectivity index (χ0n) is 11.8. The van der Waals surface area contributed by atoms with Crippen LogP contribution in [0.2, 0.25) is 0 Å². The predicted octanol–water partition coefficient (Wildman–Crippen LogP) is 0.877. The second kappa shape index (κ2) is 5.94. The molecule has 0 unspecified atom stereocenters. The largest absolute Gasteiger partial charge is 0.481 e. The second-order valence-corrected chi connectivity index (χ2v) is 5.14. The van der Waals surface area contributed by atoms with Gasteiger partial charge in [-0.25, -0.2) is 4.79 Å². The summed E-state index contributed by atoms with van der Waals surface area (Å²) in [5.74, 6) is -0.883. The van der Waals surface area contributed by atoms with Gasteiger partial charge in [0.15, 0.2) is 0 Å². The van der Waals surface area contributed by atoms with Crippen LogP contribution in [0.25, 0.3) is 0 Å². The molecule has 1 aliphatic rings. The number of carboxylic acid groups (broad SMARTS) is 1. The van der Waals surface area contributed by atoms with Gasteiger partial charge in [0.05, 0.1) is 12.1 Å². The van der Waals surface area contributed by atoms with E-state index in [-0.39, 0.29) is 25.0 Å². The standard InChI is InChI=1S/C13H20N4O3/c1-9-10(8-16(2)15-9)7-14-13(20)17(11-3-4-11)6-5-12(18)19/h8,11H,3-7H2,1-2H3,(H,14,20)(H,18,19). The van der Waals surface area contributed by atoms with Crippen molar-refractivity contribution < 1.29 is 14.7 Å². The van der Waals surface area contributed by atoms with Crippen molar-refractivity contribution in [2.45, 2.75) is 38.8 Å². The van der Waals surface area contributed by atoms with Crippen LogP contribution in [-0.4, -0.2) is 44.4 Å². The SMILES string of the molecule is Cc1nn(C)cc1CNC(=O)N(CCC(=O)O)C1CC1. The van der Waals surface area contributed by atoms with Crippen LogP contribution in [-0.2, 0) is 18.4 Å². The van der Waals surface area contributed by atoms with Gasteiger partial charge >= 0.3 is 12.0 Å². The lowest BCUT2D eigenvalue weighted by Crippen LogP contribution is -2.42. The number of nitrogens with zero attached hydrogens (tertiary/aromatic N) is 3. The summed E-state index contributed by atoms with van der Waals surface area (Å²) in [6, 6.07) is 0.00125. The van der Waals surface area contributed by atoms with Gasteiger partial charge in [-0.1, -0.05) is 0 Å². The zero-order valence-corrected chi connectivity index (χ0v) is 11.8. The molecule has 0 aliphatic heterocycles. The molecule has 7 nitrogen and oxygen atoms in total. The molecule has 1 aromatic heterocycles. The highest BCUT2D eigenvalue weighted by molar-refractivity contribution is 5.76. The Kier molecular flexibility index (Phi) is 4.26. The molecule has 0 aromatic carbocycles. The molecule has 0 radical (unpaired) electrons. The minimum absolute atomic E-state index is 0.0180. The van der Waals surface area contributed by atoms with Gasteiger partial charge in [0.2, 0.25) is 0 Å². The number of nitrogens with one attached hydrogen (secondary N) is 1. The quantitative estimate of drug-likeness (QED) is 0.809. The summed E-state index contributed by atoms with van der Waals surface area (Å²) in [7, 11) is 1.84. The zero-order chi connectivity index (χ0) is 14.7. The van der Waals surface area contributed by atoms with E-state index in [1.54, 1.807) is 9.58 Å². The van der Waals surface area contributed by atoms with Gasteiger partial charge in [-0.15, -0.1) is 0 Å². The minimum atomic E-state index is -0.883. The fourth-order valence-corrected chi connectivity index (χ4v) is 2.15. The second-order valence-electron chi connectivity index (χ2n) is 5.14. The Hall–Kier alpha value is -2.05. The van der Waals surface area contributed by atoms with E-state index in [9.17, 15) is 9.59 Å². The smallest absolute Gasteiger partial charge is 0.317 e. The molecule has 7 heteroatoms. The topological polar surface area (TPSA) is 87.5 Å². The number of rotatable bonds is 6. The third-order valence-corrected chi connectivity index (χ3v) is 3.36. The summed E-state index contributed by atoms with van der Waals surface area (Å²) in [4.78, 5) is 24.4. The Balaban J connectivity index is 1.88. The number of hydrogen-bond acceptors (Lipinski definition) is 3. The lowest BCUT2D eigenvalue weighted by atomic mass is 10.2. The van der Waals surface area contributed by atoms with Crippen molar-refractivity contribution in [3.8, 4) is 0 Å². The number of hydrogen-bond donors (Lipinski definition) is 2. The van der Waals surface area contributed by atoms with E-state index in [0.717, 1.165) is 24.1 Å². The molecule has 1 fully saturated rings. The number of aromatic nitrogens is 2. The molecule has 1 heterocycles. The number of carboxylic acids is 1. The normalized spacial score (nSPS) is 14.1. The van der Waals surface area contributed by atoms with Gasteiger partial charge in [0.25, 0.3) is 0 Å². The summed E-state index contributed by atoms with van der Waals surface area (Å²) in [6.07, 6.45) is 3.77. The molecule has 0 atom stereocenters. The van der Waals surface area contributed by atoms with E-state index in [0.29, 0.717) is 6.54 Å². The number of carbonyl (C=O) groups excluding carboxylic acids is 1. The maximum Gasteiger partial charge on any atom is 0.317 e. The molecular weight excluding hydrogens is 260 g/mol. The maximum absolute atomic E-state index is 12.1. The Bertz CT molecular complexity index is 508. The summed E-state index contributed by atoms with van der Waals surface area (Å²) in [6.45, 7) is 2.57. The van der Waals surface area contributed by atoms with Crippen molar-refractivity contribution in [3.05, 3.63) is 17.5 Å². The highest BCUT2D eigenvalue weighted by Crippen LogP contribution is 2.27. The average Bonchev–Trinajstić information content (AvgIpc) is 3.13. The van der Waals surface area contributed by atoms with Crippen LogP contribution in [0.4, 0.5) is 4.79 Å². The third kappa shape index (κ3) is 3.72. The van der Waals surface area contributed by atoms with E-state index in [1.165, 1.54) is 0 Å². The summed E-state index contributed by atoms with van der Waals surface area (Å²) < 4.78 is 1.71. The fraction of sp³-hybridized carbons (Fsp3) is 0.615. The van der Waals surface area contributed by atoms with Crippen LogP contribution in [0.3, 0.4) is 0 Å². The number of carbonyl (C=O) groups is 2. The van der Waals surface area contributed by atoms with E-state index >= 15 is 0 Å². The van der Waals surface area contributed by atoms with E-state index in [4.69, 9.17) is 5.11 Å². The Labute approximate surface area is 117 Å². The summed E-state index contributed by atoms with van der Waals surface area (Å²) >= 11 is 0. The molecule has 1 aromatic rings. The first-order valence-corrected chi connectivity index (χ1v) is 6.72. The monoisotopic (exact) mass is 280 g/mol. The average molecular weight is 280 g/mol. The Morgan fingerprint density at radius 1 is 1.55 bits per heavy atom. The molecule has 1 aliphatic carbocycles. The number of urea groups is 1. The molecule has 2 amide bonds. The molecule has 20 heavy (non-hydrogen) atoms. The predicted molar refractivity (Wildman–Crippen MR) is 72.2 cm³/mol. The summed E-state index contributed by atoms with van der Waals surface area (Å²) in [5, 5.41) is 15.8. The Morgan fingerprint density at radius 2 is 2.25 bits per heavy atom. The first-order chi connectivity index (χ1) is 9.47. The van der Waals surface area contributed by atoms with E-state index in [1.807, 2.05) is 20.2 Å². The van der Waals surface area contributed by atoms with Gasteiger partial charge in [0, 0.05) is 37.9 Å². The molecule has 0 saturated heterocycles. The van der Waals surface area contributed by atoms with Crippen LogP contribution in [0, 0.1) is 6.92 Å². The van der Waals surface area contributed by atoms with Crippen molar-refractivity contribution in [2.24, 2.45) is 7.05 Å². The first kappa shape index (κ1) is 14.4. The molecule has 2 N–H and O–H groups in total. The lowest BCUT2D eigenvalue weighted by Gasteiger charge is -2.22. The summed E-state index contributed by atoms with van der Waals surface area (Å²) in [5.41, 5.74) is 1.85. The number of aliphatic carboxylic acids is 1. The third-order valence-electron chi connectivity index (χ3n) is 3.36. The van der Waals surface area contributed by atoms with Crippen LogP contribution < -0.4 is 5.32 Å². The van der Waals surface area contributed by atoms with E-state index in [2.05, 4.69) is 10.4 Å². The van der Waals surface area contributed by atoms with Gasteiger partial charge in [-0.3, -0.25) is 9.48 Å². The van der Waals surface area contributed by atoms with Crippen molar-refractivity contribution in [3.63, 3.8) is 0 Å². The molecule has 110 valence electrons. The van der Waals surface area contributed by atoms with E-state index < -0.39 is 5.97 Å². The minimum Gasteiger partial charge on any atom is -0.481 e. The molecule has 0 bridgehead atoms. The molecule has 2 rings (SSSR count). The van der Waals surface area contributed by atoms with Crippen molar-refractivity contribution in [2.75, 3.05) is 6.54 Å². The number of aryl methyl sites for hydroxylation is 2. The first-order valence-electron chi connectivity index (χ1n) is 6.72. The van der Waals surface area contributed by atoms with Crippen LogP contribution in [0.15, 0.2) is 6.20 Å². The molecule has 1 saturated carbocycles. The number of amides is 2. The van der Waals surface area contributed by atoms with Gasteiger partial charge < -0.3 is 15.3 Å². The van der Waals surface area contributed by atoms with Crippen LogP contribution in [0.5, 0.6) is 0 Å². The maximum atomic E-state index is 12.1. The highest BCUT2D eigenvalue weighted by atomic mass is 16.4.